The monoisotopic (exact) mass is 488 g/mol. The van der Waals surface area contributed by atoms with E-state index in [1.165, 1.54) is 21.9 Å². The summed E-state index contributed by atoms with van der Waals surface area (Å²) in [6.45, 7) is 0.544. The molecule has 6 nitrogen and oxygen atoms in total. The van der Waals surface area contributed by atoms with Crippen molar-refractivity contribution in [3.05, 3.63) is 99.8 Å². The molecule has 0 bridgehead atoms. The summed E-state index contributed by atoms with van der Waals surface area (Å²) in [6.07, 6.45) is 0.756. The van der Waals surface area contributed by atoms with Gasteiger partial charge in [-0.1, -0.05) is 71.9 Å². The minimum atomic E-state index is -0.226. The number of nitrogens with zero attached hydrogens (tertiary/aromatic N) is 2. The third kappa shape index (κ3) is 4.58. The topological polar surface area (TPSA) is 79.8 Å². The van der Waals surface area contributed by atoms with Crippen molar-refractivity contribution in [1.82, 2.24) is 19.9 Å². The fourth-order valence-corrected chi connectivity index (χ4v) is 4.79. The molecular weight excluding hydrogens is 468 g/mol. The van der Waals surface area contributed by atoms with Crippen LogP contribution < -0.4 is 10.9 Å². The standard InChI is InChI=1S/C26H21ClN4O2S/c27-18-10-12-19(13-11-18)31-25(33)24-23(20-8-4-5-9-21(20)29-24)30-26(31)34-16-22(32)28-15-14-17-6-2-1-3-7-17/h1-13,29H,14-16H2,(H,28,32). The molecule has 0 fully saturated rings. The van der Waals surface area contributed by atoms with Crippen LogP contribution in [-0.4, -0.2) is 32.7 Å². The molecule has 2 aromatic heterocycles. The Morgan fingerprint density at radius 1 is 1.00 bits per heavy atom. The SMILES string of the molecule is O=C(CSc1nc2c([nH]c3ccccc32)c(=O)n1-c1ccc(Cl)cc1)NCCc1ccccc1. The van der Waals surface area contributed by atoms with E-state index in [4.69, 9.17) is 16.6 Å². The molecule has 0 radical (unpaired) electrons. The molecule has 34 heavy (non-hydrogen) atoms. The first kappa shape index (κ1) is 22.3. The minimum absolute atomic E-state index is 0.114. The van der Waals surface area contributed by atoms with Crippen molar-refractivity contribution >= 4 is 51.2 Å². The number of thioether (sulfide) groups is 1. The van der Waals surface area contributed by atoms with Gasteiger partial charge in [-0.3, -0.25) is 14.2 Å². The lowest BCUT2D eigenvalue weighted by molar-refractivity contribution is -0.118. The van der Waals surface area contributed by atoms with Gasteiger partial charge in [-0.25, -0.2) is 4.98 Å². The zero-order valence-corrected chi connectivity index (χ0v) is 19.7. The number of hydrogen-bond donors (Lipinski definition) is 2. The molecule has 0 saturated heterocycles. The Kier molecular flexibility index (Phi) is 6.38. The average molecular weight is 489 g/mol. The van der Waals surface area contributed by atoms with Crippen LogP contribution in [0.4, 0.5) is 0 Å². The number of carbonyl (C=O) groups is 1. The fourth-order valence-electron chi connectivity index (χ4n) is 3.83. The molecule has 5 aromatic rings. The van der Waals surface area contributed by atoms with Crippen molar-refractivity contribution in [2.75, 3.05) is 12.3 Å². The molecule has 0 saturated carbocycles. The van der Waals surface area contributed by atoms with E-state index < -0.39 is 0 Å². The van der Waals surface area contributed by atoms with E-state index >= 15 is 0 Å². The van der Waals surface area contributed by atoms with E-state index in [9.17, 15) is 9.59 Å². The van der Waals surface area contributed by atoms with Crippen LogP contribution in [0.2, 0.25) is 5.02 Å². The van der Waals surface area contributed by atoms with Crippen LogP contribution in [0.15, 0.2) is 88.8 Å². The summed E-state index contributed by atoms with van der Waals surface area (Å²) in [5.74, 6) is 0.0275. The number of para-hydroxylation sites is 1. The van der Waals surface area contributed by atoms with E-state index in [1.54, 1.807) is 24.3 Å². The zero-order chi connectivity index (χ0) is 23.5. The second-order valence-corrected chi connectivity index (χ2v) is 9.16. The van der Waals surface area contributed by atoms with Gasteiger partial charge < -0.3 is 10.3 Å². The van der Waals surface area contributed by atoms with Gasteiger partial charge in [0.2, 0.25) is 5.91 Å². The second-order valence-electron chi connectivity index (χ2n) is 7.78. The summed E-state index contributed by atoms with van der Waals surface area (Å²) in [5.41, 5.74) is 3.43. The quantitative estimate of drug-likeness (QED) is 0.250. The highest BCUT2D eigenvalue weighted by Crippen LogP contribution is 2.26. The number of aromatic amines is 1. The summed E-state index contributed by atoms with van der Waals surface area (Å²) in [6, 6.07) is 24.6. The molecular formula is C26H21ClN4O2S. The number of amides is 1. The predicted octanol–water partition coefficient (Wildman–Crippen LogP) is 4.97. The first-order valence-corrected chi connectivity index (χ1v) is 12.2. The minimum Gasteiger partial charge on any atom is -0.355 e. The van der Waals surface area contributed by atoms with Crippen molar-refractivity contribution in [2.24, 2.45) is 0 Å². The molecule has 0 aliphatic heterocycles. The predicted molar refractivity (Wildman–Crippen MR) is 138 cm³/mol. The molecule has 170 valence electrons. The lowest BCUT2D eigenvalue weighted by Crippen LogP contribution is -2.28. The first-order chi connectivity index (χ1) is 16.6. The van der Waals surface area contributed by atoms with Crippen LogP contribution in [0.5, 0.6) is 0 Å². The molecule has 1 amide bonds. The number of H-pyrrole nitrogens is 1. The number of halogens is 1. The number of aromatic nitrogens is 3. The lowest BCUT2D eigenvalue weighted by atomic mass is 10.1. The van der Waals surface area contributed by atoms with Crippen LogP contribution in [-0.2, 0) is 11.2 Å². The average Bonchev–Trinajstić information content (AvgIpc) is 3.23. The maximum Gasteiger partial charge on any atom is 0.283 e. The Hall–Kier alpha value is -3.55. The van der Waals surface area contributed by atoms with Crippen LogP contribution >= 0.6 is 23.4 Å². The molecule has 2 N–H and O–H groups in total. The fraction of sp³-hybridized carbons (Fsp3) is 0.115. The van der Waals surface area contributed by atoms with Gasteiger partial charge in [-0.05, 0) is 42.3 Å². The highest BCUT2D eigenvalue weighted by atomic mass is 35.5. The maximum atomic E-state index is 13.5. The van der Waals surface area contributed by atoms with Gasteiger partial charge in [-0.15, -0.1) is 0 Å². The van der Waals surface area contributed by atoms with Gasteiger partial charge >= 0.3 is 0 Å². The van der Waals surface area contributed by atoms with Crippen molar-refractivity contribution < 1.29 is 4.79 Å². The van der Waals surface area contributed by atoms with Crippen molar-refractivity contribution in [3.63, 3.8) is 0 Å². The number of hydrogen-bond acceptors (Lipinski definition) is 4. The zero-order valence-electron chi connectivity index (χ0n) is 18.1. The summed E-state index contributed by atoms with van der Waals surface area (Å²) in [5, 5.41) is 4.83. The highest BCUT2D eigenvalue weighted by molar-refractivity contribution is 7.99. The first-order valence-electron chi connectivity index (χ1n) is 10.8. The van der Waals surface area contributed by atoms with Gasteiger partial charge in [0.15, 0.2) is 5.16 Å². The van der Waals surface area contributed by atoms with E-state index in [1.807, 2.05) is 54.6 Å². The van der Waals surface area contributed by atoms with Crippen molar-refractivity contribution in [1.29, 1.82) is 0 Å². The van der Waals surface area contributed by atoms with Crippen molar-refractivity contribution in [2.45, 2.75) is 11.6 Å². The number of benzene rings is 3. The largest absolute Gasteiger partial charge is 0.355 e. The van der Waals surface area contributed by atoms with Gasteiger partial charge in [0.25, 0.3) is 5.56 Å². The van der Waals surface area contributed by atoms with Crippen LogP contribution in [0.1, 0.15) is 5.56 Å². The van der Waals surface area contributed by atoms with Gasteiger partial charge in [0, 0.05) is 22.5 Å². The molecule has 3 aromatic carbocycles. The Balaban J connectivity index is 1.44. The molecule has 0 aliphatic carbocycles. The Bertz CT molecular complexity index is 1530. The molecule has 0 unspecified atom stereocenters. The second kappa shape index (κ2) is 9.75. The molecule has 0 spiro atoms. The van der Waals surface area contributed by atoms with E-state index in [0.717, 1.165) is 17.3 Å². The lowest BCUT2D eigenvalue weighted by Gasteiger charge is -2.12. The van der Waals surface area contributed by atoms with Gasteiger partial charge in [-0.2, -0.15) is 0 Å². The molecule has 8 heteroatoms. The Morgan fingerprint density at radius 3 is 2.53 bits per heavy atom. The summed E-state index contributed by atoms with van der Waals surface area (Å²) in [4.78, 5) is 34.1. The van der Waals surface area contributed by atoms with Crippen molar-refractivity contribution in [3.8, 4) is 5.69 Å². The maximum absolute atomic E-state index is 13.5. The van der Waals surface area contributed by atoms with E-state index in [0.29, 0.717) is 33.4 Å². The molecule has 0 aliphatic rings. The van der Waals surface area contributed by atoms with Crippen LogP contribution in [0.3, 0.4) is 0 Å². The molecule has 5 rings (SSSR count). The van der Waals surface area contributed by atoms with Gasteiger partial charge in [0.1, 0.15) is 11.0 Å². The number of fused-ring (bicyclic) bond motifs is 3. The smallest absolute Gasteiger partial charge is 0.283 e. The number of rotatable bonds is 7. The summed E-state index contributed by atoms with van der Waals surface area (Å²) < 4.78 is 1.52. The van der Waals surface area contributed by atoms with Crippen LogP contribution in [0.25, 0.3) is 27.6 Å². The third-order valence-corrected chi connectivity index (χ3v) is 6.68. The van der Waals surface area contributed by atoms with E-state index in [-0.39, 0.29) is 17.2 Å². The molecule has 0 atom stereocenters. The Morgan fingerprint density at radius 2 is 1.74 bits per heavy atom. The van der Waals surface area contributed by atoms with Crippen LogP contribution in [0, 0.1) is 0 Å². The van der Waals surface area contributed by atoms with Gasteiger partial charge in [0.05, 0.1) is 11.4 Å². The number of carbonyl (C=O) groups excluding carboxylic acids is 1. The number of nitrogens with one attached hydrogen (secondary N) is 2. The third-order valence-electron chi connectivity index (χ3n) is 5.49. The summed E-state index contributed by atoms with van der Waals surface area (Å²) >= 11 is 7.29. The Labute approximate surface area is 205 Å². The molecule has 2 heterocycles. The summed E-state index contributed by atoms with van der Waals surface area (Å²) in [7, 11) is 0. The highest BCUT2D eigenvalue weighted by Gasteiger charge is 2.18. The van der Waals surface area contributed by atoms with E-state index in [2.05, 4.69) is 10.3 Å². The normalized spacial score (nSPS) is 11.2.